The molecule has 2 rings (SSSR count). The molecule has 0 fully saturated rings. The van der Waals surface area contributed by atoms with Gasteiger partial charge < -0.3 is 14.8 Å². The molecule has 0 aliphatic heterocycles. The lowest BCUT2D eigenvalue weighted by molar-refractivity contribution is 0.215. The summed E-state index contributed by atoms with van der Waals surface area (Å²) in [4.78, 5) is 0. The third-order valence-electron chi connectivity index (χ3n) is 3.74. The summed E-state index contributed by atoms with van der Waals surface area (Å²) < 4.78 is 12.6. The second-order valence-corrected chi connectivity index (χ2v) is 6.55. The van der Waals surface area contributed by atoms with Crippen molar-refractivity contribution in [3.8, 4) is 11.5 Å². The summed E-state index contributed by atoms with van der Waals surface area (Å²) in [5.41, 5.74) is 4.87. The minimum atomic E-state index is 0.510. The molecule has 0 aromatic heterocycles. The summed E-state index contributed by atoms with van der Waals surface area (Å²) >= 11 is 3.55. The van der Waals surface area contributed by atoms with Crippen LogP contribution < -0.4 is 14.8 Å². The maximum atomic E-state index is 5.87. The van der Waals surface area contributed by atoms with Gasteiger partial charge in [0.25, 0.3) is 0 Å². The zero-order valence-corrected chi connectivity index (χ0v) is 15.8. The SMILES string of the molecule is CNCc1ccc(OCCOc2cc(C)cc(C)c2C)c(Br)c1. The maximum Gasteiger partial charge on any atom is 0.133 e. The van der Waals surface area contributed by atoms with Crippen molar-refractivity contribution >= 4 is 15.9 Å². The molecule has 23 heavy (non-hydrogen) atoms. The van der Waals surface area contributed by atoms with Crippen LogP contribution >= 0.6 is 15.9 Å². The third-order valence-corrected chi connectivity index (χ3v) is 4.36. The van der Waals surface area contributed by atoms with Crippen molar-refractivity contribution in [1.29, 1.82) is 0 Å². The van der Waals surface area contributed by atoms with Crippen LogP contribution in [0.15, 0.2) is 34.8 Å². The summed E-state index contributed by atoms with van der Waals surface area (Å²) in [5.74, 6) is 1.78. The van der Waals surface area contributed by atoms with Crippen LogP contribution in [0.25, 0.3) is 0 Å². The van der Waals surface area contributed by atoms with Crippen LogP contribution in [0.2, 0.25) is 0 Å². The quantitative estimate of drug-likeness (QED) is 0.717. The van der Waals surface area contributed by atoms with Crippen molar-refractivity contribution in [1.82, 2.24) is 5.32 Å². The molecule has 0 amide bonds. The van der Waals surface area contributed by atoms with E-state index < -0.39 is 0 Å². The Bertz CT molecular complexity index is 671. The van der Waals surface area contributed by atoms with E-state index in [4.69, 9.17) is 9.47 Å². The van der Waals surface area contributed by atoms with Gasteiger partial charge in [-0.3, -0.25) is 0 Å². The van der Waals surface area contributed by atoms with Gasteiger partial charge in [0.05, 0.1) is 4.47 Å². The smallest absolute Gasteiger partial charge is 0.133 e. The van der Waals surface area contributed by atoms with Crippen LogP contribution in [0.3, 0.4) is 0 Å². The monoisotopic (exact) mass is 377 g/mol. The van der Waals surface area contributed by atoms with E-state index in [9.17, 15) is 0 Å². The number of rotatable bonds is 7. The fourth-order valence-corrected chi connectivity index (χ4v) is 2.97. The van der Waals surface area contributed by atoms with Gasteiger partial charge in [0.15, 0.2) is 0 Å². The Labute approximate surface area is 147 Å². The molecule has 2 aromatic rings. The normalized spacial score (nSPS) is 10.7. The van der Waals surface area contributed by atoms with E-state index >= 15 is 0 Å². The van der Waals surface area contributed by atoms with Crippen LogP contribution in [0.1, 0.15) is 22.3 Å². The Kier molecular flexibility index (Phi) is 6.48. The third kappa shape index (κ3) is 4.98. The molecule has 124 valence electrons. The van der Waals surface area contributed by atoms with E-state index in [1.54, 1.807) is 0 Å². The van der Waals surface area contributed by atoms with E-state index in [0.29, 0.717) is 13.2 Å². The topological polar surface area (TPSA) is 30.5 Å². The number of aryl methyl sites for hydroxylation is 2. The fourth-order valence-electron chi connectivity index (χ4n) is 2.43. The van der Waals surface area contributed by atoms with E-state index in [-0.39, 0.29) is 0 Å². The minimum absolute atomic E-state index is 0.510. The van der Waals surface area contributed by atoms with Crippen molar-refractivity contribution in [3.63, 3.8) is 0 Å². The Hall–Kier alpha value is -1.52. The Morgan fingerprint density at radius 3 is 2.30 bits per heavy atom. The average molecular weight is 378 g/mol. The predicted molar refractivity (Wildman–Crippen MR) is 98.5 cm³/mol. The van der Waals surface area contributed by atoms with E-state index in [1.807, 2.05) is 13.1 Å². The molecule has 0 aliphatic rings. The fraction of sp³-hybridized carbons (Fsp3) is 0.368. The molecule has 0 saturated carbocycles. The van der Waals surface area contributed by atoms with Gasteiger partial charge in [0, 0.05) is 6.54 Å². The van der Waals surface area contributed by atoms with Crippen LogP contribution in [0.4, 0.5) is 0 Å². The number of ether oxygens (including phenoxy) is 2. The molecule has 1 N–H and O–H groups in total. The molecule has 0 saturated heterocycles. The van der Waals surface area contributed by atoms with Crippen LogP contribution in [-0.4, -0.2) is 20.3 Å². The molecule has 0 unspecified atom stereocenters. The van der Waals surface area contributed by atoms with Gasteiger partial charge >= 0.3 is 0 Å². The van der Waals surface area contributed by atoms with E-state index in [2.05, 4.69) is 66.3 Å². The minimum Gasteiger partial charge on any atom is -0.490 e. The number of halogens is 1. The Balaban J connectivity index is 1.88. The molecule has 0 atom stereocenters. The van der Waals surface area contributed by atoms with E-state index in [0.717, 1.165) is 22.5 Å². The number of hydrogen-bond acceptors (Lipinski definition) is 3. The van der Waals surface area contributed by atoms with Gasteiger partial charge in [0.2, 0.25) is 0 Å². The van der Waals surface area contributed by atoms with Crippen molar-refractivity contribution in [2.24, 2.45) is 0 Å². The van der Waals surface area contributed by atoms with Gasteiger partial charge in [-0.25, -0.2) is 0 Å². The second-order valence-electron chi connectivity index (χ2n) is 5.70. The van der Waals surface area contributed by atoms with Gasteiger partial charge in [-0.2, -0.15) is 0 Å². The maximum absolute atomic E-state index is 5.87. The summed E-state index contributed by atoms with van der Waals surface area (Å²) in [7, 11) is 1.94. The van der Waals surface area contributed by atoms with Crippen molar-refractivity contribution < 1.29 is 9.47 Å². The standard InChI is InChI=1S/C19H24BrNO2/c1-13-9-14(2)15(3)19(10-13)23-8-7-22-18-6-5-16(12-21-4)11-17(18)20/h5-6,9-11,21H,7-8,12H2,1-4H3. The molecule has 0 heterocycles. The van der Waals surface area contributed by atoms with Crippen molar-refractivity contribution in [2.75, 3.05) is 20.3 Å². The first-order chi connectivity index (χ1) is 11.0. The average Bonchev–Trinajstić information content (AvgIpc) is 2.50. The predicted octanol–water partition coefficient (Wildman–Crippen LogP) is 4.55. The van der Waals surface area contributed by atoms with Crippen LogP contribution in [-0.2, 0) is 6.54 Å². The molecule has 0 spiro atoms. The first-order valence-electron chi connectivity index (χ1n) is 7.77. The van der Waals surface area contributed by atoms with Gasteiger partial charge in [-0.1, -0.05) is 12.1 Å². The van der Waals surface area contributed by atoms with Gasteiger partial charge in [-0.15, -0.1) is 0 Å². The Morgan fingerprint density at radius 2 is 1.65 bits per heavy atom. The molecule has 0 aliphatic carbocycles. The summed E-state index contributed by atoms with van der Waals surface area (Å²) in [6, 6.07) is 10.4. The number of benzene rings is 2. The van der Waals surface area contributed by atoms with Crippen molar-refractivity contribution in [2.45, 2.75) is 27.3 Å². The van der Waals surface area contributed by atoms with Crippen molar-refractivity contribution in [3.05, 3.63) is 57.1 Å². The molecular weight excluding hydrogens is 354 g/mol. The molecule has 0 bridgehead atoms. The van der Waals surface area contributed by atoms with E-state index in [1.165, 1.54) is 22.3 Å². The highest BCUT2D eigenvalue weighted by Gasteiger charge is 2.05. The highest BCUT2D eigenvalue weighted by Crippen LogP contribution is 2.26. The molecule has 4 heteroatoms. The summed E-state index contributed by atoms with van der Waals surface area (Å²) in [6.45, 7) is 8.15. The number of nitrogens with one attached hydrogen (secondary N) is 1. The first-order valence-corrected chi connectivity index (χ1v) is 8.57. The lowest BCUT2D eigenvalue weighted by Crippen LogP contribution is -2.10. The summed E-state index contributed by atoms with van der Waals surface area (Å²) in [6.07, 6.45) is 0. The lowest BCUT2D eigenvalue weighted by Gasteiger charge is -2.14. The summed E-state index contributed by atoms with van der Waals surface area (Å²) in [5, 5.41) is 3.13. The van der Waals surface area contributed by atoms with Gasteiger partial charge in [-0.05, 0) is 84.2 Å². The van der Waals surface area contributed by atoms with Crippen LogP contribution in [0, 0.1) is 20.8 Å². The second kappa shape index (κ2) is 8.37. The molecule has 0 radical (unpaired) electrons. The highest BCUT2D eigenvalue weighted by molar-refractivity contribution is 9.10. The van der Waals surface area contributed by atoms with Crippen LogP contribution in [0.5, 0.6) is 11.5 Å². The zero-order chi connectivity index (χ0) is 16.8. The lowest BCUT2D eigenvalue weighted by atomic mass is 10.1. The zero-order valence-electron chi connectivity index (χ0n) is 14.2. The molecule has 2 aromatic carbocycles. The largest absolute Gasteiger partial charge is 0.490 e. The molecule has 3 nitrogen and oxygen atoms in total. The highest BCUT2D eigenvalue weighted by atomic mass is 79.9. The molecular formula is C19H24BrNO2. The van der Waals surface area contributed by atoms with Gasteiger partial charge in [0.1, 0.15) is 24.7 Å². The first kappa shape index (κ1) is 17.8. The Morgan fingerprint density at radius 1 is 0.957 bits per heavy atom. The number of hydrogen-bond donors (Lipinski definition) is 1.